The molecule has 2 rings (SSSR count). The standard InChI is InChI=1S/C14H19N3/c1-10-5-6-13(7-11(10)2)15-9-14-8-12(3)16-17(14)4/h5-8,15H,9H2,1-4H3. The van der Waals surface area contributed by atoms with E-state index in [1.165, 1.54) is 16.8 Å². The van der Waals surface area contributed by atoms with Crippen LogP contribution in [0.2, 0.25) is 0 Å². The molecule has 1 aromatic carbocycles. The van der Waals surface area contributed by atoms with Crippen molar-refractivity contribution in [1.29, 1.82) is 0 Å². The van der Waals surface area contributed by atoms with E-state index in [1.54, 1.807) is 0 Å². The van der Waals surface area contributed by atoms with E-state index in [1.807, 2.05) is 18.7 Å². The molecule has 0 aliphatic heterocycles. The third kappa shape index (κ3) is 2.67. The van der Waals surface area contributed by atoms with Crippen LogP contribution < -0.4 is 5.32 Å². The summed E-state index contributed by atoms with van der Waals surface area (Å²) < 4.78 is 1.92. The van der Waals surface area contributed by atoms with Crippen LogP contribution in [0.15, 0.2) is 24.3 Å². The largest absolute Gasteiger partial charge is 0.379 e. The molecule has 0 unspecified atom stereocenters. The Labute approximate surface area is 102 Å². The van der Waals surface area contributed by atoms with Gasteiger partial charge < -0.3 is 5.32 Å². The van der Waals surface area contributed by atoms with E-state index < -0.39 is 0 Å². The molecule has 0 spiro atoms. The van der Waals surface area contributed by atoms with Gasteiger partial charge >= 0.3 is 0 Å². The number of nitrogens with zero attached hydrogens (tertiary/aromatic N) is 2. The van der Waals surface area contributed by atoms with E-state index in [4.69, 9.17) is 0 Å². The van der Waals surface area contributed by atoms with Crippen LogP contribution in [0.1, 0.15) is 22.5 Å². The minimum absolute atomic E-state index is 0.805. The summed E-state index contributed by atoms with van der Waals surface area (Å²) in [6.45, 7) is 7.08. The van der Waals surface area contributed by atoms with Crippen LogP contribution in [0.3, 0.4) is 0 Å². The Kier molecular flexibility index (Phi) is 3.18. The average Bonchev–Trinajstić information content (AvgIpc) is 2.59. The molecule has 17 heavy (non-hydrogen) atoms. The Balaban J connectivity index is 2.07. The molecule has 3 heteroatoms. The van der Waals surface area contributed by atoms with Gasteiger partial charge in [-0.15, -0.1) is 0 Å². The number of benzene rings is 1. The zero-order valence-corrected chi connectivity index (χ0v) is 10.9. The van der Waals surface area contributed by atoms with Gasteiger partial charge in [0, 0.05) is 12.7 Å². The highest BCUT2D eigenvalue weighted by molar-refractivity contribution is 5.48. The van der Waals surface area contributed by atoms with Crippen LogP contribution in [-0.4, -0.2) is 9.78 Å². The van der Waals surface area contributed by atoms with Crippen LogP contribution in [0, 0.1) is 20.8 Å². The van der Waals surface area contributed by atoms with Crippen molar-refractivity contribution in [3.63, 3.8) is 0 Å². The van der Waals surface area contributed by atoms with Crippen molar-refractivity contribution in [3.05, 3.63) is 46.8 Å². The topological polar surface area (TPSA) is 29.9 Å². The Bertz CT molecular complexity index is 526. The van der Waals surface area contributed by atoms with Crippen molar-refractivity contribution in [1.82, 2.24) is 9.78 Å². The van der Waals surface area contributed by atoms with Crippen LogP contribution >= 0.6 is 0 Å². The molecular formula is C14H19N3. The van der Waals surface area contributed by atoms with Gasteiger partial charge in [-0.3, -0.25) is 4.68 Å². The summed E-state index contributed by atoms with van der Waals surface area (Å²) in [5, 5.41) is 7.75. The fourth-order valence-corrected chi connectivity index (χ4v) is 1.87. The van der Waals surface area contributed by atoms with E-state index >= 15 is 0 Å². The van der Waals surface area contributed by atoms with Crippen LogP contribution in [0.4, 0.5) is 5.69 Å². The monoisotopic (exact) mass is 229 g/mol. The lowest BCUT2D eigenvalue weighted by molar-refractivity contribution is 0.713. The molecule has 1 N–H and O–H groups in total. The lowest BCUT2D eigenvalue weighted by Crippen LogP contribution is -2.05. The maximum atomic E-state index is 4.33. The number of anilines is 1. The number of rotatable bonds is 3. The molecule has 1 heterocycles. The van der Waals surface area contributed by atoms with E-state index in [0.717, 1.165) is 17.9 Å². The third-order valence-electron chi connectivity index (χ3n) is 3.08. The Morgan fingerprint density at radius 3 is 2.47 bits per heavy atom. The van der Waals surface area contributed by atoms with Gasteiger partial charge in [0.25, 0.3) is 0 Å². The minimum Gasteiger partial charge on any atom is -0.379 e. The molecule has 3 nitrogen and oxygen atoms in total. The summed E-state index contributed by atoms with van der Waals surface area (Å²) in [7, 11) is 1.98. The molecule has 0 amide bonds. The molecule has 0 saturated carbocycles. The van der Waals surface area contributed by atoms with Gasteiger partial charge in [0.05, 0.1) is 17.9 Å². The highest BCUT2D eigenvalue weighted by Crippen LogP contribution is 2.15. The predicted molar refractivity (Wildman–Crippen MR) is 71.2 cm³/mol. The molecule has 0 saturated heterocycles. The highest BCUT2D eigenvalue weighted by Gasteiger charge is 2.02. The first-order chi connectivity index (χ1) is 8.06. The Morgan fingerprint density at radius 2 is 1.88 bits per heavy atom. The fraction of sp³-hybridized carbons (Fsp3) is 0.357. The molecule has 2 aromatic rings. The molecule has 0 aliphatic rings. The summed E-state index contributed by atoms with van der Waals surface area (Å²) in [6.07, 6.45) is 0. The van der Waals surface area contributed by atoms with E-state index in [0.29, 0.717) is 0 Å². The number of hydrogen-bond donors (Lipinski definition) is 1. The summed E-state index contributed by atoms with van der Waals surface area (Å²) in [5.41, 5.74) is 6.06. The highest BCUT2D eigenvalue weighted by atomic mass is 15.3. The number of hydrogen-bond acceptors (Lipinski definition) is 2. The van der Waals surface area contributed by atoms with Crippen LogP contribution in [0.5, 0.6) is 0 Å². The summed E-state index contributed by atoms with van der Waals surface area (Å²) in [5.74, 6) is 0. The van der Waals surface area contributed by atoms with Gasteiger partial charge in [-0.25, -0.2) is 0 Å². The van der Waals surface area contributed by atoms with Crippen molar-refractivity contribution in [3.8, 4) is 0 Å². The van der Waals surface area contributed by atoms with Crippen molar-refractivity contribution in [2.24, 2.45) is 7.05 Å². The quantitative estimate of drug-likeness (QED) is 0.877. The number of aryl methyl sites for hydroxylation is 4. The van der Waals surface area contributed by atoms with Gasteiger partial charge in [-0.05, 0) is 50.1 Å². The van der Waals surface area contributed by atoms with Crippen molar-refractivity contribution >= 4 is 5.69 Å². The smallest absolute Gasteiger partial charge is 0.0597 e. The first-order valence-electron chi connectivity index (χ1n) is 5.87. The first-order valence-corrected chi connectivity index (χ1v) is 5.87. The van der Waals surface area contributed by atoms with Crippen LogP contribution in [-0.2, 0) is 13.6 Å². The average molecular weight is 229 g/mol. The first kappa shape index (κ1) is 11.7. The molecule has 0 atom stereocenters. The second kappa shape index (κ2) is 4.62. The van der Waals surface area contributed by atoms with Gasteiger partial charge in [-0.1, -0.05) is 6.07 Å². The van der Waals surface area contributed by atoms with E-state index in [-0.39, 0.29) is 0 Å². The second-order valence-electron chi connectivity index (χ2n) is 4.55. The summed E-state index contributed by atoms with van der Waals surface area (Å²) in [6, 6.07) is 8.55. The van der Waals surface area contributed by atoms with Crippen LogP contribution in [0.25, 0.3) is 0 Å². The fourth-order valence-electron chi connectivity index (χ4n) is 1.87. The summed E-state index contributed by atoms with van der Waals surface area (Å²) >= 11 is 0. The minimum atomic E-state index is 0.805. The normalized spacial score (nSPS) is 10.6. The van der Waals surface area contributed by atoms with Gasteiger partial charge in [0.1, 0.15) is 0 Å². The predicted octanol–water partition coefficient (Wildman–Crippen LogP) is 2.96. The zero-order valence-electron chi connectivity index (χ0n) is 10.9. The molecule has 0 fully saturated rings. The number of aromatic nitrogens is 2. The van der Waals surface area contributed by atoms with Gasteiger partial charge in [0.2, 0.25) is 0 Å². The van der Waals surface area contributed by atoms with Crippen molar-refractivity contribution in [2.45, 2.75) is 27.3 Å². The molecule has 0 radical (unpaired) electrons. The molecule has 90 valence electrons. The van der Waals surface area contributed by atoms with Crippen molar-refractivity contribution in [2.75, 3.05) is 5.32 Å². The molecule has 0 bridgehead atoms. The SMILES string of the molecule is Cc1cc(CNc2ccc(C)c(C)c2)n(C)n1. The van der Waals surface area contributed by atoms with Gasteiger partial charge in [0.15, 0.2) is 0 Å². The molecular weight excluding hydrogens is 210 g/mol. The maximum Gasteiger partial charge on any atom is 0.0597 e. The van der Waals surface area contributed by atoms with E-state index in [2.05, 4.69) is 48.5 Å². The lowest BCUT2D eigenvalue weighted by Gasteiger charge is -2.08. The zero-order chi connectivity index (χ0) is 12.4. The second-order valence-corrected chi connectivity index (χ2v) is 4.55. The third-order valence-corrected chi connectivity index (χ3v) is 3.08. The van der Waals surface area contributed by atoms with Crippen molar-refractivity contribution < 1.29 is 0 Å². The molecule has 1 aromatic heterocycles. The van der Waals surface area contributed by atoms with E-state index in [9.17, 15) is 0 Å². The maximum absolute atomic E-state index is 4.33. The Hall–Kier alpha value is -1.77. The summed E-state index contributed by atoms with van der Waals surface area (Å²) in [4.78, 5) is 0. The number of nitrogens with one attached hydrogen (secondary N) is 1. The van der Waals surface area contributed by atoms with Gasteiger partial charge in [-0.2, -0.15) is 5.10 Å². The Morgan fingerprint density at radius 1 is 1.12 bits per heavy atom. The molecule has 0 aliphatic carbocycles. The lowest BCUT2D eigenvalue weighted by atomic mass is 10.1.